The quantitative estimate of drug-likeness (QED) is 0.195. The summed E-state index contributed by atoms with van der Waals surface area (Å²) in [6.45, 7) is 8.35. The Morgan fingerprint density at radius 3 is 2.31 bits per heavy atom. The number of hydrogen-bond donors (Lipinski definition) is 2. The molecule has 1 aromatic heterocycles. The molecule has 2 N–H and O–H groups in total. The Balaban J connectivity index is 1.55. The number of nitrogens with zero attached hydrogens (tertiary/aromatic N) is 2. The number of carbonyl (C=O) groups is 2. The van der Waals surface area contributed by atoms with E-state index >= 15 is 0 Å². The minimum Gasteiger partial charge on any atom is -0.353 e. The molecule has 2 aromatic carbocycles. The second-order valence-corrected chi connectivity index (χ2v) is 13.0. The lowest BCUT2D eigenvalue weighted by molar-refractivity contribution is -0.114. The normalized spacial score (nSPS) is 11.2. The average Bonchev–Trinajstić information content (AvgIpc) is 3.20. The van der Waals surface area contributed by atoms with E-state index in [9.17, 15) is 9.59 Å². The van der Waals surface area contributed by atoms with Crippen molar-refractivity contribution in [2.75, 3.05) is 22.1 Å². The van der Waals surface area contributed by atoms with E-state index in [-0.39, 0.29) is 35.4 Å². The smallest absolute Gasteiger partial charge is 0.234 e. The van der Waals surface area contributed by atoms with Crippen molar-refractivity contribution >= 4 is 108 Å². The molecule has 0 aliphatic carbocycles. The van der Waals surface area contributed by atoms with Crippen molar-refractivity contribution in [3.8, 4) is 0 Å². The van der Waals surface area contributed by atoms with Gasteiger partial charge in [0.1, 0.15) is 4.32 Å². The highest BCUT2D eigenvalue weighted by atomic mass is 35.5. The van der Waals surface area contributed by atoms with Gasteiger partial charge in [0.15, 0.2) is 4.34 Å². The van der Waals surface area contributed by atoms with E-state index in [4.69, 9.17) is 35.4 Å². The minimum atomic E-state index is -0.230. The topological polar surface area (TPSA) is 74.3 Å². The number of anilines is 2. The number of para-hydroxylation sites is 1. The molecule has 0 saturated carbocycles. The standard InChI is InChI=1S/C24H26Cl2N4O2S4/c1-13(2)30(14(3)4)24(33)35-12-20(31)27-15-8-9-18-19(10-15)36-23(28-18)34-11-21(32)29-22-16(25)6-5-7-17(22)26/h5-10,13-14H,11-12H2,1-4H3,(H,27,31)(H,29,32). The van der Waals surface area contributed by atoms with Crippen LogP contribution in [-0.2, 0) is 9.59 Å². The Kier molecular flexibility index (Phi) is 10.7. The summed E-state index contributed by atoms with van der Waals surface area (Å²) >= 11 is 21.9. The van der Waals surface area contributed by atoms with Gasteiger partial charge in [-0.1, -0.05) is 65.0 Å². The first-order chi connectivity index (χ1) is 17.0. The van der Waals surface area contributed by atoms with Crippen LogP contribution in [0, 0.1) is 0 Å². The first kappa shape index (κ1) is 29.0. The molecule has 0 spiro atoms. The maximum atomic E-state index is 12.5. The Bertz CT molecular complexity index is 1240. The first-order valence-corrected chi connectivity index (χ1v) is 15.0. The largest absolute Gasteiger partial charge is 0.353 e. The number of thiazole rings is 1. The van der Waals surface area contributed by atoms with Gasteiger partial charge in [0.25, 0.3) is 0 Å². The fourth-order valence-corrected chi connectivity index (χ4v) is 7.28. The summed E-state index contributed by atoms with van der Waals surface area (Å²) in [7, 11) is 0. The molecule has 36 heavy (non-hydrogen) atoms. The first-order valence-electron chi connectivity index (χ1n) is 11.1. The van der Waals surface area contributed by atoms with Crippen LogP contribution in [-0.4, -0.2) is 49.6 Å². The van der Waals surface area contributed by atoms with Crippen LogP contribution in [0.15, 0.2) is 40.7 Å². The summed E-state index contributed by atoms with van der Waals surface area (Å²) in [5.41, 5.74) is 1.89. The third kappa shape index (κ3) is 7.97. The van der Waals surface area contributed by atoms with E-state index in [2.05, 4.69) is 48.2 Å². The van der Waals surface area contributed by atoms with Crippen LogP contribution in [0.4, 0.5) is 11.4 Å². The lowest BCUT2D eigenvalue weighted by atomic mass is 10.2. The summed E-state index contributed by atoms with van der Waals surface area (Å²) < 4.78 is 2.38. The molecule has 3 aromatic rings. The summed E-state index contributed by atoms with van der Waals surface area (Å²) in [5.74, 6) is 0.0434. The van der Waals surface area contributed by atoms with Crippen LogP contribution in [0.25, 0.3) is 10.2 Å². The fourth-order valence-electron chi connectivity index (χ4n) is 3.38. The number of nitrogens with one attached hydrogen (secondary N) is 2. The van der Waals surface area contributed by atoms with Crippen LogP contribution in [0.2, 0.25) is 10.0 Å². The molecule has 12 heteroatoms. The van der Waals surface area contributed by atoms with Gasteiger partial charge in [0, 0.05) is 17.8 Å². The minimum absolute atomic E-state index is 0.122. The van der Waals surface area contributed by atoms with E-state index in [0.29, 0.717) is 21.4 Å². The molecule has 0 aliphatic heterocycles. The summed E-state index contributed by atoms with van der Waals surface area (Å²) in [5, 5.41) is 6.44. The number of thiocarbonyl (C=S) groups is 1. The second kappa shape index (κ2) is 13.3. The van der Waals surface area contributed by atoms with Gasteiger partial charge in [-0.05, 0) is 58.0 Å². The number of aromatic nitrogens is 1. The second-order valence-electron chi connectivity index (χ2n) is 8.29. The number of amides is 2. The van der Waals surface area contributed by atoms with Crippen LogP contribution >= 0.6 is 70.3 Å². The number of hydrogen-bond acceptors (Lipinski definition) is 7. The van der Waals surface area contributed by atoms with E-state index in [1.807, 2.05) is 18.2 Å². The molecule has 0 fully saturated rings. The Labute approximate surface area is 238 Å². The van der Waals surface area contributed by atoms with Crippen molar-refractivity contribution in [2.45, 2.75) is 44.1 Å². The van der Waals surface area contributed by atoms with Crippen molar-refractivity contribution in [3.63, 3.8) is 0 Å². The number of fused-ring (bicyclic) bond motifs is 1. The van der Waals surface area contributed by atoms with Gasteiger partial charge in [-0.15, -0.1) is 11.3 Å². The van der Waals surface area contributed by atoms with Gasteiger partial charge in [-0.3, -0.25) is 9.59 Å². The van der Waals surface area contributed by atoms with Crippen LogP contribution in [0.1, 0.15) is 27.7 Å². The van der Waals surface area contributed by atoms with Crippen molar-refractivity contribution in [1.82, 2.24) is 9.88 Å². The molecule has 0 aliphatic rings. The van der Waals surface area contributed by atoms with Gasteiger partial charge >= 0.3 is 0 Å². The monoisotopic (exact) mass is 600 g/mol. The van der Waals surface area contributed by atoms with Crippen molar-refractivity contribution < 1.29 is 9.59 Å². The molecule has 0 atom stereocenters. The van der Waals surface area contributed by atoms with Gasteiger partial charge in [-0.2, -0.15) is 0 Å². The fraction of sp³-hybridized carbons (Fsp3) is 0.333. The van der Waals surface area contributed by atoms with Gasteiger partial charge in [-0.25, -0.2) is 4.98 Å². The zero-order valence-electron chi connectivity index (χ0n) is 20.1. The molecule has 0 bridgehead atoms. The highest BCUT2D eigenvalue weighted by Crippen LogP contribution is 2.33. The molecule has 6 nitrogen and oxygen atoms in total. The summed E-state index contributed by atoms with van der Waals surface area (Å²) in [4.78, 5) is 31.6. The predicted octanol–water partition coefficient (Wildman–Crippen LogP) is 7.41. The molecule has 0 saturated heterocycles. The molecule has 3 rings (SSSR count). The highest BCUT2D eigenvalue weighted by Gasteiger charge is 2.18. The molecule has 192 valence electrons. The molecule has 0 unspecified atom stereocenters. The summed E-state index contributed by atoms with van der Waals surface area (Å²) in [6, 6.07) is 11.1. The Morgan fingerprint density at radius 1 is 1.03 bits per heavy atom. The van der Waals surface area contributed by atoms with Crippen molar-refractivity contribution in [2.24, 2.45) is 0 Å². The highest BCUT2D eigenvalue weighted by molar-refractivity contribution is 8.23. The summed E-state index contributed by atoms with van der Waals surface area (Å²) in [6.07, 6.45) is 0. The van der Waals surface area contributed by atoms with Crippen molar-refractivity contribution in [1.29, 1.82) is 0 Å². The molecule has 0 radical (unpaired) electrons. The average molecular weight is 602 g/mol. The maximum absolute atomic E-state index is 12.5. The third-order valence-corrected chi connectivity index (χ3v) is 9.08. The van der Waals surface area contributed by atoms with E-state index in [1.165, 1.54) is 34.9 Å². The molecular formula is C24H26Cl2N4O2S4. The van der Waals surface area contributed by atoms with E-state index in [0.717, 1.165) is 18.9 Å². The molecule has 1 heterocycles. The van der Waals surface area contributed by atoms with E-state index in [1.54, 1.807) is 18.2 Å². The van der Waals surface area contributed by atoms with Gasteiger partial charge < -0.3 is 15.5 Å². The third-order valence-electron chi connectivity index (χ3n) is 4.86. The predicted molar refractivity (Wildman–Crippen MR) is 161 cm³/mol. The molecule has 2 amide bonds. The number of benzene rings is 2. The maximum Gasteiger partial charge on any atom is 0.234 e. The number of rotatable bonds is 9. The van der Waals surface area contributed by atoms with Gasteiger partial charge in [0.2, 0.25) is 11.8 Å². The zero-order valence-corrected chi connectivity index (χ0v) is 24.9. The SMILES string of the molecule is CC(C)N(C(=S)SCC(=O)Nc1ccc2nc(SCC(=O)Nc3c(Cl)cccc3Cl)sc2c1)C(C)C. The van der Waals surface area contributed by atoms with Crippen molar-refractivity contribution in [3.05, 3.63) is 46.4 Å². The lowest BCUT2D eigenvalue weighted by Gasteiger charge is -2.32. The Morgan fingerprint density at radius 2 is 1.67 bits per heavy atom. The Hall–Kier alpha value is -1.56. The van der Waals surface area contributed by atoms with Crippen LogP contribution in [0.3, 0.4) is 0 Å². The number of thioether (sulfide) groups is 2. The lowest BCUT2D eigenvalue weighted by Crippen LogP contribution is -2.40. The van der Waals surface area contributed by atoms with Crippen LogP contribution < -0.4 is 10.6 Å². The number of carbonyl (C=O) groups excluding carboxylic acids is 2. The number of halogens is 2. The van der Waals surface area contributed by atoms with E-state index < -0.39 is 0 Å². The zero-order chi connectivity index (χ0) is 26.4. The van der Waals surface area contributed by atoms with Crippen LogP contribution in [0.5, 0.6) is 0 Å². The van der Waals surface area contributed by atoms with Gasteiger partial charge in [0.05, 0.1) is 37.5 Å². The molecular weight excluding hydrogens is 575 g/mol.